The lowest BCUT2D eigenvalue weighted by atomic mass is 10.3. The normalized spacial score (nSPS) is 11.2. The van der Waals surface area contributed by atoms with Crippen LogP contribution in [0.5, 0.6) is 0 Å². The molecule has 0 N–H and O–H groups in total. The van der Waals surface area contributed by atoms with Crippen LogP contribution in [-0.2, 0) is 9.12 Å². The highest BCUT2D eigenvalue weighted by Gasteiger charge is 2.12. The van der Waals surface area contributed by atoms with Crippen LogP contribution in [0.15, 0.2) is 21.5 Å². The fraction of sp³-hybridized carbons (Fsp3) is 0. The molecule has 2 rings (SSSR count). The Labute approximate surface area is 133 Å². The second-order valence-electron chi connectivity index (χ2n) is 2.97. The molecule has 0 unspecified atom stereocenters. The van der Waals surface area contributed by atoms with E-state index in [1.807, 2.05) is 0 Å². The van der Waals surface area contributed by atoms with Crippen LogP contribution in [0.4, 0.5) is 5.82 Å². The van der Waals surface area contributed by atoms with Gasteiger partial charge in [-0.15, -0.1) is 0 Å². The van der Waals surface area contributed by atoms with Crippen molar-refractivity contribution >= 4 is 92.2 Å². The van der Waals surface area contributed by atoms with Crippen molar-refractivity contribution in [2.24, 2.45) is 4.36 Å². The van der Waals surface area contributed by atoms with Crippen molar-refractivity contribution < 1.29 is 0 Å². The number of fused-ring (bicyclic) bond motifs is 1. The van der Waals surface area contributed by atoms with Crippen molar-refractivity contribution in [1.29, 1.82) is 0 Å². The molecule has 0 aliphatic heterocycles. The van der Waals surface area contributed by atoms with Crippen molar-refractivity contribution in [3.63, 3.8) is 0 Å². The fourth-order valence-electron chi connectivity index (χ4n) is 1.24. The first-order chi connectivity index (χ1) is 8.51. The Hall–Kier alpha value is 0.510. The number of rotatable bonds is 2. The van der Waals surface area contributed by atoms with Crippen LogP contribution in [0.2, 0.25) is 10.0 Å². The Kier molecular flexibility index (Phi) is 5.22. The molecule has 1 aromatic carbocycles. The molecule has 0 radical (unpaired) electrons. The molecule has 0 bridgehead atoms. The molecule has 0 amide bonds. The smallest absolute Gasteiger partial charge is 0.196 e. The van der Waals surface area contributed by atoms with Gasteiger partial charge in [0.15, 0.2) is 10.8 Å². The van der Waals surface area contributed by atoms with E-state index < -0.39 is 9.12 Å². The van der Waals surface area contributed by atoms with E-state index in [0.29, 0.717) is 26.1 Å². The summed E-state index contributed by atoms with van der Waals surface area (Å²) in [5, 5.41) is 1.23. The van der Waals surface area contributed by atoms with Crippen LogP contribution in [0.25, 0.3) is 11.0 Å². The molecule has 18 heavy (non-hydrogen) atoms. The van der Waals surface area contributed by atoms with Crippen molar-refractivity contribution in [3.8, 4) is 0 Å². The summed E-state index contributed by atoms with van der Waals surface area (Å²) in [4.78, 5) is 8.50. The minimum atomic E-state index is -1.21. The van der Waals surface area contributed by atoms with E-state index >= 15 is 0 Å². The van der Waals surface area contributed by atoms with Gasteiger partial charge in [-0.25, -0.2) is 9.97 Å². The zero-order chi connectivity index (χ0) is 13.3. The average molecular weight is 382 g/mol. The molecule has 10 heteroatoms. The highest BCUT2D eigenvalue weighted by Crippen LogP contribution is 2.34. The summed E-state index contributed by atoms with van der Waals surface area (Å²) in [7, 11) is 16.6. The minimum Gasteiger partial charge on any atom is -0.234 e. The number of benzene rings is 1. The van der Waals surface area contributed by atoms with E-state index in [-0.39, 0.29) is 5.82 Å². The first-order valence-electron chi connectivity index (χ1n) is 4.25. The number of nitrogens with zero attached hydrogens (tertiary/aromatic N) is 3. The van der Waals surface area contributed by atoms with E-state index in [9.17, 15) is 0 Å². The molecule has 1 heterocycles. The molecule has 2 aromatic rings. The summed E-state index contributed by atoms with van der Waals surface area (Å²) in [5.41, 5.74) is 0.992. The number of halogens is 5. The lowest BCUT2D eigenvalue weighted by molar-refractivity contribution is 1.12. The Bertz CT molecular complexity index is 644. The third kappa shape index (κ3) is 3.33. The Morgan fingerprint density at radius 1 is 1.17 bits per heavy atom. The predicted octanol–water partition coefficient (Wildman–Crippen LogP) is 5.92. The molecule has 3 nitrogen and oxygen atoms in total. The standard InChI is InChI=1S/C8H2Cl5N3S2/c9-3-1-4(10)6-5(2-3)14-8(17-11)7(15-6)16-18(12)13/h1-2H. The zero-order valence-corrected chi connectivity index (χ0v) is 13.6. The maximum atomic E-state index is 6.03. The second-order valence-corrected chi connectivity index (χ2v) is 7.62. The first-order valence-corrected chi connectivity index (χ1v) is 9.48. The van der Waals surface area contributed by atoms with Gasteiger partial charge in [-0.05, 0) is 44.2 Å². The summed E-state index contributed by atoms with van der Waals surface area (Å²) < 4.78 is 3.93. The molecular formula is C8H2Cl5N3S2. The molecule has 0 fully saturated rings. The van der Waals surface area contributed by atoms with Crippen molar-refractivity contribution in [3.05, 3.63) is 22.2 Å². The largest absolute Gasteiger partial charge is 0.234 e. The van der Waals surface area contributed by atoms with Gasteiger partial charge < -0.3 is 0 Å². The molecule has 0 aliphatic rings. The third-order valence-electron chi connectivity index (χ3n) is 1.87. The van der Waals surface area contributed by atoms with Gasteiger partial charge in [-0.1, -0.05) is 23.2 Å². The zero-order valence-electron chi connectivity index (χ0n) is 8.20. The minimum absolute atomic E-state index is 0.250. The number of hydrogen-bond donors (Lipinski definition) is 0. The van der Waals surface area contributed by atoms with Gasteiger partial charge >= 0.3 is 0 Å². The lowest BCUT2D eigenvalue weighted by Crippen LogP contribution is -1.89. The average Bonchev–Trinajstić information content (AvgIpc) is 2.28. The molecule has 0 atom stereocenters. The Morgan fingerprint density at radius 3 is 2.50 bits per heavy atom. The van der Waals surface area contributed by atoms with Crippen molar-refractivity contribution in [1.82, 2.24) is 9.97 Å². The van der Waals surface area contributed by atoms with E-state index in [1.165, 1.54) is 0 Å². The van der Waals surface area contributed by atoms with E-state index in [4.69, 9.17) is 55.2 Å². The first kappa shape index (κ1) is 14.9. The van der Waals surface area contributed by atoms with Gasteiger partial charge in [0.25, 0.3) is 0 Å². The third-order valence-corrected chi connectivity index (χ3v) is 3.96. The molecule has 0 aliphatic carbocycles. The fourth-order valence-corrected chi connectivity index (χ4v) is 3.07. The molecule has 0 spiro atoms. The van der Waals surface area contributed by atoms with E-state index in [0.717, 1.165) is 11.0 Å². The summed E-state index contributed by atoms with van der Waals surface area (Å²) >= 11 is 11.9. The summed E-state index contributed by atoms with van der Waals surface area (Å²) in [6.07, 6.45) is 0. The number of aromatic nitrogens is 2. The van der Waals surface area contributed by atoms with E-state index in [1.54, 1.807) is 12.1 Å². The van der Waals surface area contributed by atoms with Gasteiger partial charge in [0.1, 0.15) is 5.52 Å². The summed E-state index contributed by atoms with van der Waals surface area (Å²) in [6.45, 7) is 0. The molecule has 0 saturated heterocycles. The predicted molar refractivity (Wildman–Crippen MR) is 82.4 cm³/mol. The van der Waals surface area contributed by atoms with Gasteiger partial charge in [-0.3, -0.25) is 0 Å². The van der Waals surface area contributed by atoms with Crippen LogP contribution < -0.4 is 0 Å². The second kappa shape index (κ2) is 6.31. The van der Waals surface area contributed by atoms with Crippen molar-refractivity contribution in [2.75, 3.05) is 0 Å². The van der Waals surface area contributed by atoms with Crippen LogP contribution in [0.1, 0.15) is 0 Å². The lowest BCUT2D eigenvalue weighted by Gasteiger charge is -2.04. The SMILES string of the molecule is ClSc1nc2cc(Cl)cc(Cl)c2nc1N=S(Cl)Cl. The monoisotopic (exact) mass is 379 g/mol. The van der Waals surface area contributed by atoms with Crippen LogP contribution in [0.3, 0.4) is 0 Å². The summed E-state index contributed by atoms with van der Waals surface area (Å²) in [6, 6.07) is 3.20. The van der Waals surface area contributed by atoms with Gasteiger partial charge in [0.05, 0.1) is 19.7 Å². The molecule has 0 saturated carbocycles. The van der Waals surface area contributed by atoms with Gasteiger partial charge in [0, 0.05) is 16.0 Å². The van der Waals surface area contributed by atoms with Gasteiger partial charge in [-0.2, -0.15) is 4.36 Å². The van der Waals surface area contributed by atoms with Crippen molar-refractivity contribution in [2.45, 2.75) is 5.03 Å². The molecule has 96 valence electrons. The summed E-state index contributed by atoms with van der Waals surface area (Å²) in [5.74, 6) is 0.250. The maximum Gasteiger partial charge on any atom is 0.196 e. The molecular weight excluding hydrogens is 380 g/mol. The Morgan fingerprint density at radius 2 is 1.89 bits per heavy atom. The van der Waals surface area contributed by atoms with Crippen LogP contribution in [0, 0.1) is 0 Å². The quantitative estimate of drug-likeness (QED) is 0.648. The highest BCUT2D eigenvalue weighted by molar-refractivity contribution is 8.28. The number of hydrogen-bond acceptors (Lipinski definition) is 4. The van der Waals surface area contributed by atoms with E-state index in [2.05, 4.69) is 14.3 Å². The van der Waals surface area contributed by atoms with Crippen LogP contribution >= 0.6 is 66.2 Å². The van der Waals surface area contributed by atoms with Gasteiger partial charge in [0.2, 0.25) is 0 Å². The highest BCUT2D eigenvalue weighted by atomic mass is 36.0. The van der Waals surface area contributed by atoms with Crippen LogP contribution in [-0.4, -0.2) is 9.97 Å². The maximum absolute atomic E-state index is 6.03. The molecule has 1 aromatic heterocycles. The topological polar surface area (TPSA) is 38.1 Å². The Balaban J connectivity index is 2.77.